The maximum absolute atomic E-state index is 11.5. The highest BCUT2D eigenvalue weighted by atomic mass is 32.2. The first-order valence-corrected chi connectivity index (χ1v) is 5.51. The molecule has 1 aromatic rings. The van der Waals surface area contributed by atoms with Crippen LogP contribution in [-0.4, -0.2) is 27.2 Å². The number of carbonyl (C=O) groups excluding carboxylic acids is 1. The molecule has 1 atom stereocenters. The van der Waals surface area contributed by atoms with Crippen LogP contribution in [0.4, 0.5) is 0 Å². The molecule has 0 bridgehead atoms. The van der Waals surface area contributed by atoms with Gasteiger partial charge in [-0.15, -0.1) is 0 Å². The summed E-state index contributed by atoms with van der Waals surface area (Å²) in [5.41, 5.74) is 0.0714. The summed E-state index contributed by atoms with van der Waals surface area (Å²) in [7, 11) is 0. The first kappa shape index (κ1) is 12.3. The molecular weight excluding hydrogens is 224 g/mol. The van der Waals surface area contributed by atoms with Crippen LogP contribution in [0.25, 0.3) is 0 Å². The largest absolute Gasteiger partial charge is 0.308 e. The Morgan fingerprint density at radius 1 is 1.62 bits per heavy atom. The second-order valence-electron chi connectivity index (χ2n) is 3.03. The molecule has 0 saturated carbocycles. The Balaban J connectivity index is 2.54. The van der Waals surface area contributed by atoms with E-state index in [2.05, 4.69) is 9.97 Å². The number of nitriles is 1. The molecule has 1 unspecified atom stereocenters. The summed E-state index contributed by atoms with van der Waals surface area (Å²) in [5.74, 6) is -1.12. The Hall–Kier alpha value is -1.74. The molecule has 1 N–H and O–H groups in total. The lowest BCUT2D eigenvalue weighted by molar-refractivity contribution is -0.117. The first-order valence-electron chi connectivity index (χ1n) is 4.52. The average Bonchev–Trinajstić information content (AvgIpc) is 2.28. The minimum Gasteiger partial charge on any atom is -0.308 e. The zero-order valence-electron chi connectivity index (χ0n) is 8.67. The molecule has 0 fully saturated rings. The van der Waals surface area contributed by atoms with Crippen molar-refractivity contribution in [3.05, 3.63) is 18.5 Å². The Labute approximate surface area is 97.4 Å². The van der Waals surface area contributed by atoms with Gasteiger partial charge in [0.2, 0.25) is 0 Å². The molecule has 82 valence electrons. The summed E-state index contributed by atoms with van der Waals surface area (Å²) in [6.07, 6.45) is 3.17. The molecule has 1 rings (SSSR count). The fourth-order valence-electron chi connectivity index (χ4n) is 0.989. The van der Waals surface area contributed by atoms with Crippen LogP contribution in [-0.2, 0) is 4.79 Å². The van der Waals surface area contributed by atoms with E-state index >= 15 is 0 Å². The minimum absolute atomic E-state index is 0.0714. The number of thioether (sulfide) groups is 1. The third kappa shape index (κ3) is 3.44. The summed E-state index contributed by atoms with van der Waals surface area (Å²) in [4.78, 5) is 19.4. The van der Waals surface area contributed by atoms with Gasteiger partial charge in [-0.1, -0.05) is 11.8 Å². The summed E-state index contributed by atoms with van der Waals surface area (Å²) < 4.78 is 0. The van der Waals surface area contributed by atoms with Crippen LogP contribution < -0.4 is 0 Å². The van der Waals surface area contributed by atoms with Gasteiger partial charge in [0.05, 0.1) is 11.8 Å². The van der Waals surface area contributed by atoms with Crippen molar-refractivity contribution in [2.75, 3.05) is 5.75 Å². The van der Waals surface area contributed by atoms with Crippen LogP contribution in [0, 0.1) is 22.7 Å². The number of nitrogens with one attached hydrogen (secondary N) is 1. The van der Waals surface area contributed by atoms with Crippen LogP contribution in [0.2, 0.25) is 0 Å². The van der Waals surface area contributed by atoms with Crippen molar-refractivity contribution in [3.8, 4) is 6.07 Å². The number of rotatable bonds is 5. The molecular formula is C10H10N4OS. The van der Waals surface area contributed by atoms with Crippen LogP contribution >= 0.6 is 11.8 Å². The maximum atomic E-state index is 11.5. The number of aromatic nitrogens is 2. The number of nitrogens with zero attached hydrogens (tertiary/aromatic N) is 3. The molecule has 1 aromatic heterocycles. The van der Waals surface area contributed by atoms with E-state index in [4.69, 9.17) is 10.7 Å². The van der Waals surface area contributed by atoms with Crippen molar-refractivity contribution >= 4 is 23.3 Å². The summed E-state index contributed by atoms with van der Waals surface area (Å²) in [6, 6.07) is 3.50. The third-order valence-electron chi connectivity index (χ3n) is 1.77. The molecule has 16 heavy (non-hydrogen) atoms. The van der Waals surface area contributed by atoms with Gasteiger partial charge in [-0.3, -0.25) is 4.79 Å². The van der Waals surface area contributed by atoms with E-state index in [9.17, 15) is 4.79 Å². The molecule has 0 spiro atoms. The van der Waals surface area contributed by atoms with Gasteiger partial charge in [0.1, 0.15) is 5.92 Å². The van der Waals surface area contributed by atoms with Gasteiger partial charge in [0.25, 0.3) is 0 Å². The molecule has 0 amide bonds. The molecule has 0 aliphatic carbocycles. The van der Waals surface area contributed by atoms with Crippen molar-refractivity contribution in [2.45, 2.75) is 12.1 Å². The van der Waals surface area contributed by atoms with Gasteiger partial charge in [-0.2, -0.15) is 5.26 Å². The third-order valence-corrected chi connectivity index (χ3v) is 2.67. The van der Waals surface area contributed by atoms with Gasteiger partial charge < -0.3 is 5.41 Å². The van der Waals surface area contributed by atoms with Crippen molar-refractivity contribution < 1.29 is 4.79 Å². The smallest absolute Gasteiger partial charge is 0.187 e. The number of carbonyl (C=O) groups is 1. The summed E-state index contributed by atoms with van der Waals surface area (Å²) in [6.45, 7) is 1.45. The standard InChI is InChI=1S/C10H10N4OS/c1-7(12)8(5-11)9(15)6-16-10-13-3-2-4-14-10/h2-4,8,12H,6H2,1H3. The second-order valence-corrected chi connectivity index (χ2v) is 3.97. The first-order chi connectivity index (χ1) is 7.65. The average molecular weight is 234 g/mol. The summed E-state index contributed by atoms with van der Waals surface area (Å²) in [5, 5.41) is 16.5. The fourth-order valence-corrected chi connectivity index (χ4v) is 1.70. The molecule has 5 nitrogen and oxygen atoms in total. The number of hydrogen-bond acceptors (Lipinski definition) is 6. The summed E-state index contributed by atoms with van der Waals surface area (Å²) >= 11 is 1.17. The van der Waals surface area contributed by atoms with Gasteiger partial charge in [0, 0.05) is 18.1 Å². The topological polar surface area (TPSA) is 90.5 Å². The van der Waals surface area contributed by atoms with Gasteiger partial charge in [0.15, 0.2) is 10.9 Å². The van der Waals surface area contributed by atoms with E-state index in [0.717, 1.165) is 0 Å². The van der Waals surface area contributed by atoms with E-state index < -0.39 is 5.92 Å². The van der Waals surface area contributed by atoms with Crippen LogP contribution in [0.3, 0.4) is 0 Å². The Bertz CT molecular complexity index is 426. The number of Topliss-reactive ketones (excluding diaryl/α,β-unsaturated/α-hetero) is 1. The molecule has 0 aliphatic rings. The van der Waals surface area contributed by atoms with Crippen LogP contribution in [0.1, 0.15) is 6.92 Å². The predicted molar refractivity (Wildman–Crippen MR) is 60.3 cm³/mol. The zero-order valence-corrected chi connectivity index (χ0v) is 9.49. The van der Waals surface area contributed by atoms with Crippen molar-refractivity contribution in [2.24, 2.45) is 5.92 Å². The zero-order chi connectivity index (χ0) is 12.0. The van der Waals surface area contributed by atoms with E-state index in [1.165, 1.54) is 18.7 Å². The number of ketones is 1. The molecule has 0 radical (unpaired) electrons. The SMILES string of the molecule is CC(=N)C(C#N)C(=O)CSc1ncccn1. The Kier molecular flexibility index (Phi) is 4.61. The lowest BCUT2D eigenvalue weighted by Gasteiger charge is -2.04. The van der Waals surface area contributed by atoms with Gasteiger partial charge in [-0.05, 0) is 13.0 Å². The fraction of sp³-hybridized carbons (Fsp3) is 0.300. The lowest BCUT2D eigenvalue weighted by atomic mass is 10.0. The monoisotopic (exact) mass is 234 g/mol. The normalized spacial score (nSPS) is 11.5. The van der Waals surface area contributed by atoms with Gasteiger partial charge >= 0.3 is 0 Å². The van der Waals surface area contributed by atoms with Crippen molar-refractivity contribution in [3.63, 3.8) is 0 Å². The van der Waals surface area contributed by atoms with E-state index in [-0.39, 0.29) is 17.2 Å². The second kappa shape index (κ2) is 5.98. The molecule has 0 saturated heterocycles. The Morgan fingerprint density at radius 3 is 2.75 bits per heavy atom. The van der Waals surface area contributed by atoms with E-state index in [1.807, 2.05) is 6.07 Å². The van der Waals surface area contributed by atoms with E-state index in [1.54, 1.807) is 18.5 Å². The Morgan fingerprint density at radius 2 is 2.25 bits per heavy atom. The highest BCUT2D eigenvalue weighted by molar-refractivity contribution is 7.99. The predicted octanol–water partition coefficient (Wildman–Crippen LogP) is 1.32. The minimum atomic E-state index is -0.948. The van der Waals surface area contributed by atoms with Crippen molar-refractivity contribution in [1.82, 2.24) is 9.97 Å². The van der Waals surface area contributed by atoms with Crippen LogP contribution in [0.15, 0.2) is 23.6 Å². The highest BCUT2D eigenvalue weighted by Gasteiger charge is 2.20. The van der Waals surface area contributed by atoms with Gasteiger partial charge in [-0.25, -0.2) is 9.97 Å². The maximum Gasteiger partial charge on any atom is 0.187 e. The quantitative estimate of drug-likeness (QED) is 0.471. The highest BCUT2D eigenvalue weighted by Crippen LogP contribution is 2.13. The molecule has 6 heteroatoms. The lowest BCUT2D eigenvalue weighted by Crippen LogP contribution is -2.21. The molecule has 1 heterocycles. The van der Waals surface area contributed by atoms with E-state index in [0.29, 0.717) is 5.16 Å². The molecule has 0 aliphatic heterocycles. The van der Waals surface area contributed by atoms with Crippen LogP contribution in [0.5, 0.6) is 0 Å². The molecule has 0 aromatic carbocycles. The van der Waals surface area contributed by atoms with Crippen molar-refractivity contribution in [1.29, 1.82) is 10.7 Å². The number of hydrogen-bond donors (Lipinski definition) is 1.